The summed E-state index contributed by atoms with van der Waals surface area (Å²) in [7, 11) is 0. The van der Waals surface area contributed by atoms with Crippen molar-refractivity contribution in [3.8, 4) is 0 Å². The summed E-state index contributed by atoms with van der Waals surface area (Å²) in [6, 6.07) is 3.57. The lowest BCUT2D eigenvalue weighted by Gasteiger charge is -2.44. The second-order valence-corrected chi connectivity index (χ2v) is 5.36. The molecule has 0 spiro atoms. The molecule has 1 aromatic carbocycles. The zero-order chi connectivity index (χ0) is 13.4. The van der Waals surface area contributed by atoms with E-state index in [1.165, 1.54) is 12.8 Å². The number of likely N-dealkylation sites (tertiary alicyclic amines) is 1. The lowest BCUT2D eigenvalue weighted by molar-refractivity contribution is -0.120. The molecule has 5 heteroatoms. The van der Waals surface area contributed by atoms with E-state index in [-0.39, 0.29) is 18.1 Å². The third-order valence-electron chi connectivity index (χ3n) is 4.11. The van der Waals surface area contributed by atoms with Gasteiger partial charge in [-0.15, -0.1) is 0 Å². The zero-order valence-electron chi connectivity index (χ0n) is 10.5. The van der Waals surface area contributed by atoms with Gasteiger partial charge in [-0.2, -0.15) is 0 Å². The summed E-state index contributed by atoms with van der Waals surface area (Å²) in [5.41, 5.74) is -0.0894. The number of rotatable bonds is 3. The molecule has 0 unspecified atom stereocenters. The molecule has 3 rings (SSSR count). The standard InChI is InChI=1S/C14H16F2N2O/c15-10-4-5-11(16)12(6-10)17-14(19)8-18-7-9-2-1-3-13(9)18/h4-6,9,13H,1-3,7-8H2,(H,17,19)/t9-,13+/m1/s1. The molecule has 2 aliphatic rings. The number of nitrogens with one attached hydrogen (secondary N) is 1. The normalized spacial score (nSPS) is 25.8. The van der Waals surface area contributed by atoms with Crippen molar-refractivity contribution < 1.29 is 13.6 Å². The van der Waals surface area contributed by atoms with Gasteiger partial charge in [0.1, 0.15) is 11.6 Å². The van der Waals surface area contributed by atoms with E-state index >= 15 is 0 Å². The molecule has 2 atom stereocenters. The predicted molar refractivity (Wildman–Crippen MR) is 67.7 cm³/mol. The minimum Gasteiger partial charge on any atom is -0.322 e. The maximum atomic E-state index is 13.4. The Morgan fingerprint density at radius 2 is 2.21 bits per heavy atom. The molecule has 1 saturated carbocycles. The molecule has 3 nitrogen and oxygen atoms in total. The average molecular weight is 266 g/mol. The second-order valence-electron chi connectivity index (χ2n) is 5.36. The van der Waals surface area contributed by atoms with E-state index in [4.69, 9.17) is 0 Å². The Labute approximate surface area is 110 Å². The number of hydrogen-bond acceptors (Lipinski definition) is 2. The van der Waals surface area contributed by atoms with Crippen LogP contribution in [0.15, 0.2) is 18.2 Å². The van der Waals surface area contributed by atoms with E-state index in [9.17, 15) is 13.6 Å². The number of hydrogen-bond donors (Lipinski definition) is 1. The summed E-state index contributed by atoms with van der Waals surface area (Å²) < 4.78 is 26.4. The highest BCUT2D eigenvalue weighted by molar-refractivity contribution is 5.92. The molecule has 102 valence electrons. The quantitative estimate of drug-likeness (QED) is 0.911. The van der Waals surface area contributed by atoms with Gasteiger partial charge in [-0.05, 0) is 30.9 Å². The SMILES string of the molecule is O=C(CN1C[C@H]2CCC[C@@H]21)Nc1cc(F)ccc1F. The Bertz CT molecular complexity index is 506. The van der Waals surface area contributed by atoms with Crippen molar-refractivity contribution in [2.45, 2.75) is 25.3 Å². The average Bonchev–Trinajstić information content (AvgIpc) is 2.72. The van der Waals surface area contributed by atoms with Crippen molar-refractivity contribution in [3.63, 3.8) is 0 Å². The van der Waals surface area contributed by atoms with Crippen molar-refractivity contribution in [2.75, 3.05) is 18.4 Å². The number of benzene rings is 1. The fraction of sp³-hybridized carbons (Fsp3) is 0.500. The maximum Gasteiger partial charge on any atom is 0.238 e. The second kappa shape index (κ2) is 4.89. The van der Waals surface area contributed by atoms with Crippen molar-refractivity contribution in [1.82, 2.24) is 4.90 Å². The smallest absolute Gasteiger partial charge is 0.238 e. The molecule has 19 heavy (non-hydrogen) atoms. The molecule has 0 radical (unpaired) electrons. The highest BCUT2D eigenvalue weighted by Gasteiger charge is 2.42. The predicted octanol–water partition coefficient (Wildman–Crippen LogP) is 2.39. The first-order chi connectivity index (χ1) is 9.13. The number of carbonyl (C=O) groups is 1. The van der Waals surface area contributed by atoms with Gasteiger partial charge < -0.3 is 5.32 Å². The van der Waals surface area contributed by atoms with Crippen LogP contribution in [0.4, 0.5) is 14.5 Å². The molecule has 1 aromatic rings. The molecule has 1 aliphatic carbocycles. The summed E-state index contributed by atoms with van der Waals surface area (Å²) >= 11 is 0. The van der Waals surface area contributed by atoms with Crippen LogP contribution in [0.1, 0.15) is 19.3 Å². The van der Waals surface area contributed by atoms with Gasteiger partial charge in [0.15, 0.2) is 0 Å². The molecule has 0 bridgehead atoms. The number of anilines is 1. The van der Waals surface area contributed by atoms with Crippen LogP contribution in [-0.2, 0) is 4.79 Å². The Kier molecular flexibility index (Phi) is 3.22. The summed E-state index contributed by atoms with van der Waals surface area (Å²) in [4.78, 5) is 13.9. The number of amides is 1. The Hall–Kier alpha value is -1.49. The van der Waals surface area contributed by atoms with E-state index < -0.39 is 11.6 Å². The van der Waals surface area contributed by atoms with Crippen molar-refractivity contribution in [3.05, 3.63) is 29.8 Å². The van der Waals surface area contributed by atoms with Crippen LogP contribution in [0.2, 0.25) is 0 Å². The zero-order valence-corrected chi connectivity index (χ0v) is 10.5. The van der Waals surface area contributed by atoms with Crippen LogP contribution in [0.5, 0.6) is 0 Å². The van der Waals surface area contributed by atoms with Gasteiger partial charge >= 0.3 is 0 Å². The van der Waals surface area contributed by atoms with Crippen LogP contribution in [0.3, 0.4) is 0 Å². The fourth-order valence-electron chi connectivity index (χ4n) is 3.16. The molecular formula is C14H16F2N2O. The number of fused-ring (bicyclic) bond motifs is 1. The first-order valence-corrected chi connectivity index (χ1v) is 6.62. The third kappa shape index (κ3) is 2.47. The maximum absolute atomic E-state index is 13.4. The van der Waals surface area contributed by atoms with Gasteiger partial charge in [0.2, 0.25) is 5.91 Å². The Balaban J connectivity index is 1.58. The van der Waals surface area contributed by atoms with Gasteiger partial charge in [0.25, 0.3) is 0 Å². The number of halogens is 2. The first kappa shape index (κ1) is 12.5. The number of nitrogens with zero attached hydrogens (tertiary/aromatic N) is 1. The van der Waals surface area contributed by atoms with E-state index in [0.717, 1.165) is 37.1 Å². The van der Waals surface area contributed by atoms with Crippen LogP contribution < -0.4 is 5.32 Å². The van der Waals surface area contributed by atoms with Gasteiger partial charge in [-0.25, -0.2) is 8.78 Å². The lowest BCUT2D eigenvalue weighted by atomic mass is 9.92. The van der Waals surface area contributed by atoms with E-state index in [2.05, 4.69) is 10.2 Å². The van der Waals surface area contributed by atoms with Crippen LogP contribution in [0, 0.1) is 17.6 Å². The van der Waals surface area contributed by atoms with Gasteiger partial charge in [-0.1, -0.05) is 6.42 Å². The summed E-state index contributed by atoms with van der Waals surface area (Å²) in [5.74, 6) is -0.720. The molecule has 1 N–H and O–H groups in total. The van der Waals surface area contributed by atoms with E-state index in [1.54, 1.807) is 0 Å². The molecule has 1 saturated heterocycles. The van der Waals surface area contributed by atoms with Gasteiger partial charge in [0.05, 0.1) is 12.2 Å². The highest BCUT2D eigenvalue weighted by atomic mass is 19.1. The highest BCUT2D eigenvalue weighted by Crippen LogP contribution is 2.38. The topological polar surface area (TPSA) is 32.3 Å². The molecule has 0 aromatic heterocycles. The first-order valence-electron chi connectivity index (χ1n) is 6.62. The van der Waals surface area contributed by atoms with Gasteiger partial charge in [-0.3, -0.25) is 9.69 Å². The number of carbonyl (C=O) groups excluding carboxylic acids is 1. The van der Waals surface area contributed by atoms with Crippen LogP contribution in [0.25, 0.3) is 0 Å². The summed E-state index contributed by atoms with van der Waals surface area (Å²) in [5, 5.41) is 2.43. The van der Waals surface area contributed by atoms with Gasteiger partial charge in [0, 0.05) is 18.7 Å². The largest absolute Gasteiger partial charge is 0.322 e. The minimum atomic E-state index is -0.614. The molecule has 1 heterocycles. The molecular weight excluding hydrogens is 250 g/mol. The molecule has 1 aliphatic heterocycles. The van der Waals surface area contributed by atoms with Crippen molar-refractivity contribution >= 4 is 11.6 Å². The fourth-order valence-corrected chi connectivity index (χ4v) is 3.16. The van der Waals surface area contributed by atoms with E-state index in [0.29, 0.717) is 6.04 Å². The van der Waals surface area contributed by atoms with E-state index in [1.807, 2.05) is 0 Å². The van der Waals surface area contributed by atoms with Crippen molar-refractivity contribution in [2.24, 2.45) is 5.92 Å². The Morgan fingerprint density at radius 3 is 3.00 bits per heavy atom. The minimum absolute atomic E-state index is 0.0894. The summed E-state index contributed by atoms with van der Waals surface area (Å²) in [6.07, 6.45) is 3.62. The molecule has 1 amide bonds. The third-order valence-corrected chi connectivity index (χ3v) is 4.11. The van der Waals surface area contributed by atoms with Crippen molar-refractivity contribution in [1.29, 1.82) is 0 Å². The summed E-state index contributed by atoms with van der Waals surface area (Å²) in [6.45, 7) is 1.21. The lowest BCUT2D eigenvalue weighted by Crippen LogP contribution is -2.55. The monoisotopic (exact) mass is 266 g/mol. The molecule has 2 fully saturated rings. The Morgan fingerprint density at radius 1 is 1.37 bits per heavy atom. The van der Waals surface area contributed by atoms with Crippen LogP contribution >= 0.6 is 0 Å². The van der Waals surface area contributed by atoms with Crippen LogP contribution in [-0.4, -0.2) is 29.9 Å².